The Kier molecular flexibility index (Phi) is 5.06. The van der Waals surface area contributed by atoms with Gasteiger partial charge in [-0.25, -0.2) is 0 Å². The molecule has 0 saturated heterocycles. The van der Waals surface area contributed by atoms with Crippen molar-refractivity contribution < 1.29 is 4.74 Å². The fraction of sp³-hybridized carbons (Fsp3) is 0.625. The molecule has 1 aromatic rings. The van der Waals surface area contributed by atoms with Gasteiger partial charge in [0, 0.05) is 0 Å². The summed E-state index contributed by atoms with van der Waals surface area (Å²) in [5.74, 6) is 2.30. The van der Waals surface area contributed by atoms with Crippen molar-refractivity contribution in [3.05, 3.63) is 29.8 Å². The Morgan fingerprint density at radius 1 is 1.22 bits per heavy atom. The number of hydrogen-bond donors (Lipinski definition) is 1. The number of rotatable bonds is 6. The number of ether oxygens (including phenoxy) is 1. The molecule has 1 aliphatic rings. The molecular weight excluding hydrogens is 222 g/mol. The predicted molar refractivity (Wildman–Crippen MR) is 76.0 cm³/mol. The molecule has 0 amide bonds. The second-order valence-electron chi connectivity index (χ2n) is 5.30. The third-order valence-electron chi connectivity index (χ3n) is 4.00. The highest BCUT2D eigenvalue weighted by Crippen LogP contribution is 2.37. The first kappa shape index (κ1) is 13.4. The molecule has 1 saturated carbocycles. The minimum Gasteiger partial charge on any atom is -0.494 e. The van der Waals surface area contributed by atoms with Crippen LogP contribution in [0.4, 0.5) is 0 Å². The van der Waals surface area contributed by atoms with Gasteiger partial charge in [-0.2, -0.15) is 0 Å². The van der Waals surface area contributed by atoms with Crippen LogP contribution in [-0.4, -0.2) is 13.2 Å². The van der Waals surface area contributed by atoms with Gasteiger partial charge >= 0.3 is 0 Å². The molecule has 0 aliphatic heterocycles. The normalized spacial score (nSPS) is 17.9. The van der Waals surface area contributed by atoms with E-state index in [4.69, 9.17) is 10.5 Å². The number of benzene rings is 1. The van der Waals surface area contributed by atoms with Gasteiger partial charge in [-0.3, -0.25) is 0 Å². The molecule has 18 heavy (non-hydrogen) atoms. The van der Waals surface area contributed by atoms with E-state index >= 15 is 0 Å². The highest BCUT2D eigenvalue weighted by molar-refractivity contribution is 5.30. The summed E-state index contributed by atoms with van der Waals surface area (Å²) in [6.07, 6.45) is 6.48. The Labute approximate surface area is 111 Å². The average molecular weight is 247 g/mol. The van der Waals surface area contributed by atoms with Crippen LogP contribution in [0.1, 0.15) is 50.5 Å². The molecular formula is C16H25NO. The molecule has 2 N–H and O–H groups in total. The zero-order chi connectivity index (χ0) is 12.8. The topological polar surface area (TPSA) is 35.2 Å². The van der Waals surface area contributed by atoms with Gasteiger partial charge in [0.25, 0.3) is 0 Å². The number of hydrogen-bond acceptors (Lipinski definition) is 2. The maximum Gasteiger partial charge on any atom is 0.119 e. The van der Waals surface area contributed by atoms with Gasteiger partial charge in [-0.15, -0.1) is 0 Å². The quantitative estimate of drug-likeness (QED) is 0.831. The van der Waals surface area contributed by atoms with Crippen LogP contribution in [-0.2, 0) is 0 Å². The van der Waals surface area contributed by atoms with Crippen molar-refractivity contribution >= 4 is 0 Å². The fourth-order valence-electron chi connectivity index (χ4n) is 2.99. The molecule has 1 fully saturated rings. The van der Waals surface area contributed by atoms with Crippen LogP contribution in [0, 0.1) is 5.92 Å². The van der Waals surface area contributed by atoms with Gasteiger partial charge in [0.1, 0.15) is 5.75 Å². The van der Waals surface area contributed by atoms with Crippen molar-refractivity contribution in [2.75, 3.05) is 13.2 Å². The maximum atomic E-state index is 5.97. The Morgan fingerprint density at radius 3 is 2.44 bits per heavy atom. The third kappa shape index (κ3) is 3.26. The van der Waals surface area contributed by atoms with Gasteiger partial charge in [0.2, 0.25) is 0 Å². The Morgan fingerprint density at radius 2 is 1.89 bits per heavy atom. The maximum absolute atomic E-state index is 5.97. The molecule has 0 bridgehead atoms. The van der Waals surface area contributed by atoms with Gasteiger partial charge in [-0.1, -0.05) is 31.9 Å². The monoisotopic (exact) mass is 247 g/mol. The standard InChI is InChI=1S/C16H25NO/c1-2-11-18-15-9-7-14(8-10-15)16(12-17)13-5-3-4-6-13/h7-10,13,16H,2-6,11-12,17H2,1H3. The minimum absolute atomic E-state index is 0.535. The molecule has 1 aromatic carbocycles. The summed E-state index contributed by atoms with van der Waals surface area (Å²) in [6, 6.07) is 8.56. The van der Waals surface area contributed by atoms with E-state index in [2.05, 4.69) is 31.2 Å². The zero-order valence-electron chi connectivity index (χ0n) is 11.4. The van der Waals surface area contributed by atoms with Crippen LogP contribution in [0.25, 0.3) is 0 Å². The van der Waals surface area contributed by atoms with Crippen molar-refractivity contribution in [3.63, 3.8) is 0 Å². The van der Waals surface area contributed by atoms with Crippen LogP contribution in [0.2, 0.25) is 0 Å². The first-order valence-corrected chi connectivity index (χ1v) is 7.28. The molecule has 1 atom stereocenters. The second kappa shape index (κ2) is 6.79. The summed E-state index contributed by atoms with van der Waals surface area (Å²) in [5, 5.41) is 0. The molecule has 1 unspecified atom stereocenters. The highest BCUT2D eigenvalue weighted by Gasteiger charge is 2.25. The van der Waals surface area contributed by atoms with Gasteiger partial charge in [0.05, 0.1) is 6.61 Å². The predicted octanol–water partition coefficient (Wildman–Crippen LogP) is 3.71. The first-order chi connectivity index (χ1) is 8.85. The lowest BCUT2D eigenvalue weighted by atomic mass is 9.85. The summed E-state index contributed by atoms with van der Waals surface area (Å²) >= 11 is 0. The first-order valence-electron chi connectivity index (χ1n) is 7.28. The van der Waals surface area contributed by atoms with Crippen LogP contribution < -0.4 is 10.5 Å². The summed E-state index contributed by atoms with van der Waals surface area (Å²) < 4.78 is 5.62. The van der Waals surface area contributed by atoms with E-state index in [1.165, 1.54) is 31.2 Å². The van der Waals surface area contributed by atoms with Crippen LogP contribution >= 0.6 is 0 Å². The summed E-state index contributed by atoms with van der Waals surface area (Å²) in [7, 11) is 0. The van der Waals surface area contributed by atoms with Crippen molar-refractivity contribution in [2.24, 2.45) is 11.7 Å². The van der Waals surface area contributed by atoms with E-state index in [-0.39, 0.29) is 0 Å². The Bertz CT molecular complexity index is 341. The summed E-state index contributed by atoms with van der Waals surface area (Å²) in [6.45, 7) is 3.68. The van der Waals surface area contributed by atoms with Crippen molar-refractivity contribution in [1.29, 1.82) is 0 Å². The lowest BCUT2D eigenvalue weighted by Gasteiger charge is -2.22. The summed E-state index contributed by atoms with van der Waals surface area (Å²) in [5.41, 5.74) is 7.35. The Balaban J connectivity index is 2.02. The van der Waals surface area contributed by atoms with E-state index in [1.807, 2.05) is 0 Å². The van der Waals surface area contributed by atoms with Crippen LogP contribution in [0.15, 0.2) is 24.3 Å². The summed E-state index contributed by atoms with van der Waals surface area (Å²) in [4.78, 5) is 0. The second-order valence-corrected chi connectivity index (χ2v) is 5.30. The SMILES string of the molecule is CCCOc1ccc(C(CN)C2CCCC2)cc1. The minimum atomic E-state index is 0.535. The van der Waals surface area contributed by atoms with E-state index in [0.717, 1.165) is 31.2 Å². The zero-order valence-corrected chi connectivity index (χ0v) is 11.4. The lowest BCUT2D eigenvalue weighted by molar-refractivity contribution is 0.317. The smallest absolute Gasteiger partial charge is 0.119 e. The van der Waals surface area contributed by atoms with Gasteiger partial charge in [-0.05, 0) is 55.3 Å². The average Bonchev–Trinajstić information content (AvgIpc) is 2.93. The van der Waals surface area contributed by atoms with E-state index in [0.29, 0.717) is 5.92 Å². The van der Waals surface area contributed by atoms with E-state index < -0.39 is 0 Å². The van der Waals surface area contributed by atoms with Crippen LogP contribution in [0.3, 0.4) is 0 Å². The highest BCUT2D eigenvalue weighted by atomic mass is 16.5. The van der Waals surface area contributed by atoms with Crippen molar-refractivity contribution in [3.8, 4) is 5.75 Å². The molecule has 0 heterocycles. The van der Waals surface area contributed by atoms with E-state index in [1.54, 1.807) is 0 Å². The lowest BCUT2D eigenvalue weighted by Crippen LogP contribution is -2.19. The van der Waals surface area contributed by atoms with Crippen molar-refractivity contribution in [2.45, 2.75) is 44.9 Å². The molecule has 100 valence electrons. The largest absolute Gasteiger partial charge is 0.494 e. The van der Waals surface area contributed by atoms with Gasteiger partial charge in [0.15, 0.2) is 0 Å². The Hall–Kier alpha value is -1.02. The molecule has 2 heteroatoms. The van der Waals surface area contributed by atoms with Gasteiger partial charge < -0.3 is 10.5 Å². The molecule has 0 aromatic heterocycles. The molecule has 0 radical (unpaired) electrons. The molecule has 1 aliphatic carbocycles. The fourth-order valence-corrected chi connectivity index (χ4v) is 2.99. The molecule has 2 nitrogen and oxygen atoms in total. The molecule has 0 spiro atoms. The number of nitrogens with two attached hydrogens (primary N) is 1. The third-order valence-corrected chi connectivity index (χ3v) is 4.00. The molecule has 2 rings (SSSR count). The van der Waals surface area contributed by atoms with Crippen LogP contribution in [0.5, 0.6) is 5.75 Å². The van der Waals surface area contributed by atoms with Crippen molar-refractivity contribution in [1.82, 2.24) is 0 Å². The van der Waals surface area contributed by atoms with E-state index in [9.17, 15) is 0 Å².